The Balaban J connectivity index is 1.30. The number of aromatic nitrogens is 4. The second-order valence-corrected chi connectivity index (χ2v) is 8.71. The molecule has 2 N–H and O–H groups in total. The third-order valence-corrected chi connectivity index (χ3v) is 6.43. The standard InChI is InChI=1S/C27H26N6O2/c1-28-25(34)24(30-26(35)27(14-15-27)20-7-3-2-4-8-20)17-21-18-33(32-31-21)22-12-10-19(11-13-22)23-9-5-6-16-29-23/h2-13,16,18,24H,14-15,17H2,1H3,(H,28,34)(H,30,35). The molecule has 176 valence electrons. The molecule has 1 aliphatic carbocycles. The van der Waals surface area contributed by atoms with Crippen molar-refractivity contribution in [1.29, 1.82) is 0 Å². The van der Waals surface area contributed by atoms with Gasteiger partial charge in [0.2, 0.25) is 11.8 Å². The highest BCUT2D eigenvalue weighted by atomic mass is 16.2. The van der Waals surface area contributed by atoms with Crippen LogP contribution < -0.4 is 10.6 Å². The zero-order valence-corrected chi connectivity index (χ0v) is 19.4. The van der Waals surface area contributed by atoms with Gasteiger partial charge in [-0.15, -0.1) is 5.10 Å². The van der Waals surface area contributed by atoms with Crippen LogP contribution in [-0.2, 0) is 21.4 Å². The highest BCUT2D eigenvalue weighted by Gasteiger charge is 2.51. The molecule has 0 spiro atoms. The number of benzene rings is 2. The average molecular weight is 467 g/mol. The van der Waals surface area contributed by atoms with Crippen LogP contribution in [0.5, 0.6) is 0 Å². The van der Waals surface area contributed by atoms with E-state index in [1.54, 1.807) is 24.1 Å². The number of hydrogen-bond donors (Lipinski definition) is 2. The predicted molar refractivity (Wildman–Crippen MR) is 132 cm³/mol. The van der Waals surface area contributed by atoms with Crippen molar-refractivity contribution in [3.8, 4) is 16.9 Å². The monoisotopic (exact) mass is 466 g/mol. The minimum Gasteiger partial charge on any atom is -0.357 e. The summed E-state index contributed by atoms with van der Waals surface area (Å²) in [5.74, 6) is -0.397. The van der Waals surface area contributed by atoms with E-state index in [0.717, 1.165) is 35.3 Å². The molecular formula is C27H26N6O2. The molecule has 4 aromatic rings. The lowest BCUT2D eigenvalue weighted by atomic mass is 9.94. The molecule has 35 heavy (non-hydrogen) atoms. The molecule has 8 nitrogen and oxygen atoms in total. The van der Waals surface area contributed by atoms with Gasteiger partial charge in [0.25, 0.3) is 0 Å². The third-order valence-electron chi connectivity index (χ3n) is 6.43. The molecule has 8 heteroatoms. The van der Waals surface area contributed by atoms with Crippen molar-refractivity contribution in [3.63, 3.8) is 0 Å². The Kier molecular flexibility index (Phi) is 6.10. The van der Waals surface area contributed by atoms with E-state index in [-0.39, 0.29) is 18.2 Å². The Bertz CT molecular complexity index is 1310. The van der Waals surface area contributed by atoms with Gasteiger partial charge in [0.1, 0.15) is 6.04 Å². The number of amides is 2. The summed E-state index contributed by atoms with van der Waals surface area (Å²) in [5, 5.41) is 14.1. The van der Waals surface area contributed by atoms with Gasteiger partial charge >= 0.3 is 0 Å². The molecule has 0 radical (unpaired) electrons. The van der Waals surface area contributed by atoms with Crippen molar-refractivity contribution >= 4 is 11.8 Å². The molecule has 1 saturated carbocycles. The number of likely N-dealkylation sites (N-methyl/N-ethyl adjacent to an activating group) is 1. The zero-order chi connectivity index (χ0) is 24.3. The first-order chi connectivity index (χ1) is 17.1. The number of nitrogens with zero attached hydrogens (tertiary/aromatic N) is 4. The lowest BCUT2D eigenvalue weighted by Gasteiger charge is -2.21. The summed E-state index contributed by atoms with van der Waals surface area (Å²) in [6, 6.07) is 22.6. The maximum Gasteiger partial charge on any atom is 0.242 e. The lowest BCUT2D eigenvalue weighted by molar-refractivity contribution is -0.130. The fraction of sp³-hybridized carbons (Fsp3) is 0.222. The Labute approximate surface area is 203 Å². The molecule has 1 aliphatic rings. The minimum absolute atomic E-state index is 0.130. The van der Waals surface area contributed by atoms with Gasteiger partial charge in [-0.05, 0) is 42.7 Å². The molecule has 0 saturated heterocycles. The fourth-order valence-corrected chi connectivity index (χ4v) is 4.25. The van der Waals surface area contributed by atoms with Crippen LogP contribution in [0.3, 0.4) is 0 Å². The molecular weight excluding hydrogens is 440 g/mol. The normalized spacial score (nSPS) is 14.7. The van der Waals surface area contributed by atoms with Gasteiger partial charge < -0.3 is 10.6 Å². The maximum atomic E-state index is 13.2. The van der Waals surface area contributed by atoms with Gasteiger partial charge in [-0.3, -0.25) is 14.6 Å². The van der Waals surface area contributed by atoms with Crippen molar-refractivity contribution in [2.24, 2.45) is 0 Å². The molecule has 2 heterocycles. The largest absolute Gasteiger partial charge is 0.357 e. The Morgan fingerprint density at radius 1 is 1.00 bits per heavy atom. The molecule has 2 amide bonds. The molecule has 2 aromatic heterocycles. The van der Waals surface area contributed by atoms with E-state index in [0.29, 0.717) is 5.69 Å². The second-order valence-electron chi connectivity index (χ2n) is 8.71. The van der Waals surface area contributed by atoms with Crippen LogP contribution in [0.4, 0.5) is 0 Å². The summed E-state index contributed by atoms with van der Waals surface area (Å²) in [6.07, 6.45) is 5.33. The van der Waals surface area contributed by atoms with E-state index in [2.05, 4.69) is 25.9 Å². The van der Waals surface area contributed by atoms with Crippen molar-refractivity contribution in [2.45, 2.75) is 30.7 Å². The summed E-state index contributed by atoms with van der Waals surface area (Å²) in [7, 11) is 1.56. The first-order valence-electron chi connectivity index (χ1n) is 11.6. The second kappa shape index (κ2) is 9.50. The minimum atomic E-state index is -0.745. The molecule has 1 unspecified atom stereocenters. The third kappa shape index (κ3) is 4.68. The number of hydrogen-bond acceptors (Lipinski definition) is 5. The highest BCUT2D eigenvalue weighted by molar-refractivity contribution is 5.95. The summed E-state index contributed by atoms with van der Waals surface area (Å²) in [6.45, 7) is 0. The summed E-state index contributed by atoms with van der Waals surface area (Å²) < 4.78 is 1.66. The van der Waals surface area contributed by atoms with Crippen LogP contribution in [0.15, 0.2) is 85.2 Å². The Morgan fingerprint density at radius 3 is 2.40 bits per heavy atom. The van der Waals surface area contributed by atoms with Crippen LogP contribution >= 0.6 is 0 Å². The van der Waals surface area contributed by atoms with Crippen LogP contribution in [-0.4, -0.2) is 44.9 Å². The zero-order valence-electron chi connectivity index (χ0n) is 19.4. The van der Waals surface area contributed by atoms with E-state index < -0.39 is 11.5 Å². The fourth-order valence-electron chi connectivity index (χ4n) is 4.25. The SMILES string of the molecule is CNC(=O)C(Cc1cn(-c2ccc(-c3ccccn3)cc2)nn1)NC(=O)C1(c2ccccc2)CC1. The maximum absolute atomic E-state index is 13.2. The number of carbonyl (C=O) groups is 2. The van der Waals surface area contributed by atoms with E-state index in [9.17, 15) is 9.59 Å². The van der Waals surface area contributed by atoms with Gasteiger partial charge in [-0.1, -0.05) is 53.7 Å². The Morgan fingerprint density at radius 2 is 1.74 bits per heavy atom. The van der Waals surface area contributed by atoms with E-state index in [4.69, 9.17) is 0 Å². The van der Waals surface area contributed by atoms with Crippen molar-refractivity contribution in [1.82, 2.24) is 30.6 Å². The van der Waals surface area contributed by atoms with Crippen LogP contribution in [0.25, 0.3) is 16.9 Å². The smallest absolute Gasteiger partial charge is 0.242 e. The first-order valence-corrected chi connectivity index (χ1v) is 11.6. The van der Waals surface area contributed by atoms with Crippen molar-refractivity contribution < 1.29 is 9.59 Å². The molecule has 5 rings (SSSR count). The van der Waals surface area contributed by atoms with Crippen LogP contribution in [0.2, 0.25) is 0 Å². The molecule has 0 aliphatic heterocycles. The lowest BCUT2D eigenvalue weighted by Crippen LogP contribution is -2.50. The molecule has 0 bridgehead atoms. The van der Waals surface area contributed by atoms with Crippen molar-refractivity contribution in [2.75, 3.05) is 7.05 Å². The topological polar surface area (TPSA) is 102 Å². The number of nitrogens with one attached hydrogen (secondary N) is 2. The van der Waals surface area contributed by atoms with Gasteiger partial charge in [-0.25, -0.2) is 4.68 Å². The summed E-state index contributed by atoms with van der Waals surface area (Å²) >= 11 is 0. The van der Waals surface area contributed by atoms with Gasteiger partial charge in [0.15, 0.2) is 0 Å². The van der Waals surface area contributed by atoms with Crippen molar-refractivity contribution in [3.05, 3.63) is 96.4 Å². The van der Waals surface area contributed by atoms with Gasteiger partial charge in [0, 0.05) is 25.2 Å². The molecule has 2 aromatic carbocycles. The van der Waals surface area contributed by atoms with E-state index in [1.165, 1.54) is 0 Å². The number of pyridine rings is 1. The highest BCUT2D eigenvalue weighted by Crippen LogP contribution is 2.48. The Hall–Kier alpha value is -4.33. The van der Waals surface area contributed by atoms with E-state index >= 15 is 0 Å². The number of carbonyl (C=O) groups excluding carboxylic acids is 2. The quantitative estimate of drug-likeness (QED) is 0.416. The molecule has 1 atom stereocenters. The summed E-state index contributed by atoms with van der Waals surface area (Å²) in [5.41, 5.74) is 3.77. The van der Waals surface area contributed by atoms with E-state index in [1.807, 2.05) is 72.8 Å². The number of rotatable bonds is 8. The predicted octanol–water partition coefficient (Wildman–Crippen LogP) is 2.83. The summed E-state index contributed by atoms with van der Waals surface area (Å²) in [4.78, 5) is 30.2. The first kappa shape index (κ1) is 22.5. The van der Waals surface area contributed by atoms with Crippen LogP contribution in [0.1, 0.15) is 24.1 Å². The van der Waals surface area contributed by atoms with Gasteiger partial charge in [-0.2, -0.15) is 0 Å². The van der Waals surface area contributed by atoms with Crippen LogP contribution in [0, 0.1) is 0 Å². The average Bonchev–Trinajstić information content (AvgIpc) is 3.61. The molecule has 1 fully saturated rings. The van der Waals surface area contributed by atoms with Gasteiger partial charge in [0.05, 0.1) is 28.7 Å².